The molecule has 8 atom stereocenters. The normalized spacial score (nSPS) is 47.5. The first-order chi connectivity index (χ1) is 13.2. The van der Waals surface area contributed by atoms with Crippen molar-refractivity contribution >= 4 is 17.5 Å². The Bertz CT molecular complexity index is 711. The van der Waals surface area contributed by atoms with Gasteiger partial charge in [-0.1, -0.05) is 20.4 Å². The lowest BCUT2D eigenvalue weighted by atomic mass is 9.44. The van der Waals surface area contributed by atoms with Gasteiger partial charge in [-0.3, -0.25) is 9.59 Å². The maximum atomic E-state index is 12.4. The van der Waals surface area contributed by atoms with Crippen molar-refractivity contribution in [3.63, 3.8) is 0 Å². The molecule has 0 bridgehead atoms. The molecule has 0 spiro atoms. The quantitative estimate of drug-likeness (QED) is 0.529. The van der Waals surface area contributed by atoms with E-state index in [1.165, 1.54) is 6.08 Å². The summed E-state index contributed by atoms with van der Waals surface area (Å²) in [6.45, 7) is 9.92. The van der Waals surface area contributed by atoms with Crippen molar-refractivity contribution in [3.05, 3.63) is 12.7 Å². The van der Waals surface area contributed by atoms with E-state index in [9.17, 15) is 14.4 Å². The number of ketones is 2. The summed E-state index contributed by atoms with van der Waals surface area (Å²) in [5.74, 6) is 2.05. The van der Waals surface area contributed by atoms with Gasteiger partial charge in [-0.25, -0.2) is 4.79 Å². The largest absolute Gasteiger partial charge is 0.459 e. The first-order valence-corrected chi connectivity index (χ1v) is 11.1. The Morgan fingerprint density at radius 2 is 1.89 bits per heavy atom. The summed E-state index contributed by atoms with van der Waals surface area (Å²) in [4.78, 5) is 36.8. The minimum absolute atomic E-state index is 0.0403. The van der Waals surface area contributed by atoms with Crippen LogP contribution in [-0.4, -0.2) is 23.6 Å². The van der Waals surface area contributed by atoms with Crippen molar-refractivity contribution in [1.29, 1.82) is 0 Å². The van der Waals surface area contributed by atoms with E-state index >= 15 is 0 Å². The fourth-order valence-electron chi connectivity index (χ4n) is 8.11. The molecule has 4 heteroatoms. The van der Waals surface area contributed by atoms with Gasteiger partial charge in [-0.15, -0.1) is 0 Å². The highest BCUT2D eigenvalue weighted by atomic mass is 16.5. The molecule has 4 aliphatic rings. The van der Waals surface area contributed by atoms with Gasteiger partial charge in [-0.2, -0.15) is 0 Å². The minimum Gasteiger partial charge on any atom is -0.459 e. The van der Waals surface area contributed by atoms with Crippen molar-refractivity contribution in [3.8, 4) is 0 Å². The Balaban J connectivity index is 1.74. The Morgan fingerprint density at radius 3 is 2.57 bits per heavy atom. The number of hydrogen-bond donors (Lipinski definition) is 0. The molecule has 28 heavy (non-hydrogen) atoms. The molecule has 154 valence electrons. The van der Waals surface area contributed by atoms with Gasteiger partial charge in [0.1, 0.15) is 17.7 Å². The van der Waals surface area contributed by atoms with E-state index in [-0.39, 0.29) is 40.5 Å². The summed E-state index contributed by atoms with van der Waals surface area (Å²) >= 11 is 0. The molecule has 0 aromatic heterocycles. The molecule has 4 rings (SSSR count). The number of fused-ring (bicyclic) bond motifs is 5. The van der Waals surface area contributed by atoms with Crippen LogP contribution >= 0.6 is 0 Å². The maximum Gasteiger partial charge on any atom is 0.330 e. The SMILES string of the molecule is C=CC(=O)OC1C[C@]2(C)[C@@H](C(C)=O)CC[C@H]2[C@@H]2CCC3CC(=O)CC[C@]3(C)[C@@H]12. The van der Waals surface area contributed by atoms with Crippen LogP contribution in [0.25, 0.3) is 0 Å². The third-order valence-corrected chi connectivity index (χ3v) is 9.31. The van der Waals surface area contributed by atoms with Gasteiger partial charge < -0.3 is 4.74 Å². The zero-order chi connectivity index (χ0) is 20.3. The number of rotatable bonds is 3. The molecule has 0 radical (unpaired) electrons. The predicted octanol–water partition coefficient (Wildman–Crippen LogP) is 4.51. The highest BCUT2D eigenvalue weighted by molar-refractivity contribution is 5.82. The van der Waals surface area contributed by atoms with Gasteiger partial charge in [0.05, 0.1) is 0 Å². The number of ether oxygens (including phenoxy) is 1. The molecule has 0 aromatic rings. The summed E-state index contributed by atoms with van der Waals surface area (Å²) in [6.07, 6.45) is 8.30. The van der Waals surface area contributed by atoms with Crippen molar-refractivity contribution in [2.24, 2.45) is 40.4 Å². The second-order valence-corrected chi connectivity index (χ2v) is 10.4. The van der Waals surface area contributed by atoms with Crippen molar-refractivity contribution in [2.45, 2.75) is 78.2 Å². The van der Waals surface area contributed by atoms with Crippen LogP contribution in [0.3, 0.4) is 0 Å². The Labute approximate surface area is 168 Å². The van der Waals surface area contributed by atoms with Gasteiger partial charge in [0, 0.05) is 30.8 Å². The predicted molar refractivity (Wildman–Crippen MR) is 106 cm³/mol. The number of Topliss-reactive ketones (excluding diaryl/α,β-unsaturated/α-hetero) is 2. The average molecular weight is 387 g/mol. The molecule has 4 fully saturated rings. The molecule has 4 nitrogen and oxygen atoms in total. The molecule has 2 unspecified atom stereocenters. The average Bonchev–Trinajstić information content (AvgIpc) is 2.98. The lowest BCUT2D eigenvalue weighted by Gasteiger charge is -2.62. The maximum absolute atomic E-state index is 12.4. The highest BCUT2D eigenvalue weighted by Gasteiger charge is 2.64. The van der Waals surface area contributed by atoms with Crippen LogP contribution in [0.5, 0.6) is 0 Å². The molecule has 4 saturated carbocycles. The molecule has 0 N–H and O–H groups in total. The zero-order valence-corrected chi connectivity index (χ0v) is 17.5. The number of carbonyl (C=O) groups is 3. The van der Waals surface area contributed by atoms with Crippen molar-refractivity contribution in [1.82, 2.24) is 0 Å². The smallest absolute Gasteiger partial charge is 0.330 e. The van der Waals surface area contributed by atoms with E-state index in [4.69, 9.17) is 4.74 Å². The first kappa shape index (κ1) is 19.8. The van der Waals surface area contributed by atoms with E-state index in [1.807, 2.05) is 0 Å². The monoisotopic (exact) mass is 386 g/mol. The van der Waals surface area contributed by atoms with Crippen molar-refractivity contribution in [2.75, 3.05) is 0 Å². The van der Waals surface area contributed by atoms with Gasteiger partial charge in [0.15, 0.2) is 0 Å². The number of hydrogen-bond acceptors (Lipinski definition) is 4. The standard InChI is InChI=1S/C24H34O4/c1-5-21(27)28-20-13-24(4)18(14(2)25)8-9-19(24)17-7-6-15-12-16(26)10-11-23(15,3)22(17)20/h5,15,17-20,22H,1,6-13H2,2-4H3/t15?,17-,18+,19-,20?,22+,23-,24+/m0/s1. The zero-order valence-electron chi connectivity index (χ0n) is 17.5. The van der Waals surface area contributed by atoms with Crippen LogP contribution in [0, 0.1) is 40.4 Å². The summed E-state index contributed by atoms with van der Waals surface area (Å²) < 4.78 is 6.00. The Kier molecular flexibility index (Phi) is 4.83. The second-order valence-electron chi connectivity index (χ2n) is 10.4. The van der Waals surface area contributed by atoms with E-state index in [0.717, 1.165) is 38.5 Å². The van der Waals surface area contributed by atoms with Crippen LogP contribution in [0.15, 0.2) is 12.7 Å². The lowest BCUT2D eigenvalue weighted by Crippen LogP contribution is -2.60. The number of esters is 1. The van der Waals surface area contributed by atoms with Crippen LogP contribution in [-0.2, 0) is 19.1 Å². The molecular formula is C24H34O4. The first-order valence-electron chi connectivity index (χ1n) is 11.1. The summed E-state index contributed by atoms with van der Waals surface area (Å²) in [5.41, 5.74) is -0.0502. The fourth-order valence-corrected chi connectivity index (χ4v) is 8.11. The van der Waals surface area contributed by atoms with Crippen LogP contribution in [0.4, 0.5) is 0 Å². The Hall–Kier alpha value is -1.45. The van der Waals surface area contributed by atoms with Gasteiger partial charge >= 0.3 is 5.97 Å². The lowest BCUT2D eigenvalue weighted by molar-refractivity contribution is -0.191. The molecule has 0 saturated heterocycles. The summed E-state index contributed by atoms with van der Waals surface area (Å²) in [5, 5.41) is 0. The summed E-state index contributed by atoms with van der Waals surface area (Å²) in [6, 6.07) is 0. The molecule has 0 aliphatic heterocycles. The molecule has 0 heterocycles. The third-order valence-electron chi connectivity index (χ3n) is 9.31. The topological polar surface area (TPSA) is 60.4 Å². The van der Waals surface area contributed by atoms with Gasteiger partial charge in [-0.05, 0) is 74.0 Å². The van der Waals surface area contributed by atoms with E-state index in [1.54, 1.807) is 6.92 Å². The van der Waals surface area contributed by atoms with Gasteiger partial charge in [0.2, 0.25) is 0 Å². The second kappa shape index (κ2) is 6.81. The van der Waals surface area contributed by atoms with E-state index < -0.39 is 0 Å². The van der Waals surface area contributed by atoms with Crippen molar-refractivity contribution < 1.29 is 19.1 Å². The Morgan fingerprint density at radius 1 is 1.14 bits per heavy atom. The van der Waals surface area contributed by atoms with Crippen LogP contribution in [0.1, 0.15) is 72.1 Å². The molecular weight excluding hydrogens is 352 g/mol. The third kappa shape index (κ3) is 2.81. The van der Waals surface area contributed by atoms with Crippen LogP contribution < -0.4 is 0 Å². The molecule has 4 aliphatic carbocycles. The van der Waals surface area contributed by atoms with E-state index in [0.29, 0.717) is 36.4 Å². The molecule has 0 amide bonds. The van der Waals surface area contributed by atoms with Gasteiger partial charge in [0.25, 0.3) is 0 Å². The number of carbonyl (C=O) groups excluding carboxylic acids is 3. The molecule has 0 aromatic carbocycles. The minimum atomic E-state index is -0.360. The van der Waals surface area contributed by atoms with Crippen LogP contribution in [0.2, 0.25) is 0 Å². The summed E-state index contributed by atoms with van der Waals surface area (Å²) in [7, 11) is 0. The fraction of sp³-hybridized carbons (Fsp3) is 0.792. The highest BCUT2D eigenvalue weighted by Crippen LogP contribution is 2.67. The van der Waals surface area contributed by atoms with E-state index in [2.05, 4.69) is 20.4 Å².